The van der Waals surface area contributed by atoms with Gasteiger partial charge in [0.2, 0.25) is 5.91 Å². The average molecular weight is 395 g/mol. The van der Waals surface area contributed by atoms with Crippen LogP contribution in [0.4, 0.5) is 0 Å². The van der Waals surface area contributed by atoms with E-state index in [0.29, 0.717) is 17.1 Å². The third kappa shape index (κ3) is 4.99. The van der Waals surface area contributed by atoms with Crippen molar-refractivity contribution in [3.63, 3.8) is 0 Å². The summed E-state index contributed by atoms with van der Waals surface area (Å²) in [5.74, 6) is -0.722. The molecule has 1 rings (SSSR count). The maximum atomic E-state index is 12.4. The van der Waals surface area contributed by atoms with Crippen LogP contribution < -0.4 is 5.73 Å². The highest BCUT2D eigenvalue weighted by atomic mass is 127. The van der Waals surface area contributed by atoms with E-state index in [1.807, 2.05) is 6.92 Å². The Labute approximate surface area is 131 Å². The topological polar surface area (TPSA) is 63.4 Å². The molecule has 19 heavy (non-hydrogen) atoms. The predicted molar refractivity (Wildman–Crippen MR) is 84.2 cm³/mol. The number of hydrogen-bond acceptors (Lipinski definition) is 2. The van der Waals surface area contributed by atoms with Crippen LogP contribution in [0.25, 0.3) is 0 Å². The van der Waals surface area contributed by atoms with Crippen LogP contribution in [-0.2, 0) is 4.79 Å². The van der Waals surface area contributed by atoms with Gasteiger partial charge in [-0.05, 0) is 47.2 Å². The van der Waals surface area contributed by atoms with Crippen molar-refractivity contribution in [1.29, 1.82) is 0 Å². The second-order valence-corrected chi connectivity index (χ2v) is 5.77. The highest BCUT2D eigenvalue weighted by Gasteiger charge is 2.19. The molecule has 0 saturated heterocycles. The zero-order chi connectivity index (χ0) is 14.4. The summed E-state index contributed by atoms with van der Waals surface area (Å²) in [6.45, 7) is 2.47. The highest BCUT2D eigenvalue weighted by molar-refractivity contribution is 14.1. The molecule has 4 nitrogen and oxygen atoms in total. The van der Waals surface area contributed by atoms with Crippen LogP contribution in [0.5, 0.6) is 0 Å². The van der Waals surface area contributed by atoms with Crippen molar-refractivity contribution < 1.29 is 9.59 Å². The Morgan fingerprint density at radius 1 is 1.42 bits per heavy atom. The van der Waals surface area contributed by atoms with E-state index in [-0.39, 0.29) is 12.5 Å². The summed E-state index contributed by atoms with van der Waals surface area (Å²) in [5.41, 5.74) is 5.69. The Hall–Kier alpha value is -0.820. The second kappa shape index (κ2) is 7.69. The van der Waals surface area contributed by atoms with E-state index in [2.05, 4.69) is 22.6 Å². The van der Waals surface area contributed by atoms with E-state index >= 15 is 0 Å². The van der Waals surface area contributed by atoms with Gasteiger partial charge in [0.1, 0.15) is 0 Å². The second-order valence-electron chi connectivity index (χ2n) is 4.17. The molecule has 0 radical (unpaired) electrons. The van der Waals surface area contributed by atoms with Gasteiger partial charge in [-0.3, -0.25) is 9.59 Å². The lowest BCUT2D eigenvalue weighted by molar-refractivity contribution is -0.118. The molecule has 6 heteroatoms. The maximum Gasteiger partial charge on any atom is 0.255 e. The fourth-order valence-corrected chi connectivity index (χ4v) is 2.36. The standard InChI is InChI=1S/C13H16ClIN2O2/c1-2-3-6-17(8-12(16)18)13(19)10-7-9(14)4-5-11(10)15/h4-5,7H,2-3,6,8H2,1H3,(H2,16,18). The molecule has 0 aliphatic carbocycles. The Kier molecular flexibility index (Phi) is 6.57. The van der Waals surface area contributed by atoms with Crippen molar-refractivity contribution >= 4 is 46.0 Å². The zero-order valence-electron chi connectivity index (χ0n) is 10.7. The van der Waals surface area contributed by atoms with E-state index in [1.165, 1.54) is 4.90 Å². The molecule has 1 aromatic rings. The van der Waals surface area contributed by atoms with Crippen molar-refractivity contribution in [1.82, 2.24) is 4.90 Å². The normalized spacial score (nSPS) is 10.3. The first-order valence-corrected chi connectivity index (χ1v) is 7.44. The SMILES string of the molecule is CCCCN(CC(N)=O)C(=O)c1cc(Cl)ccc1I. The van der Waals surface area contributed by atoms with Crippen LogP contribution in [0.1, 0.15) is 30.1 Å². The number of benzene rings is 1. The molecular formula is C13H16ClIN2O2. The number of nitrogens with two attached hydrogens (primary N) is 1. The molecule has 0 unspecified atom stereocenters. The van der Waals surface area contributed by atoms with Crippen molar-refractivity contribution in [2.75, 3.05) is 13.1 Å². The fourth-order valence-electron chi connectivity index (χ4n) is 1.62. The van der Waals surface area contributed by atoms with Gasteiger partial charge in [-0.1, -0.05) is 24.9 Å². The third-order valence-corrected chi connectivity index (χ3v) is 3.75. The number of unbranched alkanes of at least 4 members (excludes halogenated alkanes) is 1. The molecule has 2 N–H and O–H groups in total. The number of hydrogen-bond donors (Lipinski definition) is 1. The van der Waals surface area contributed by atoms with Gasteiger partial charge in [-0.15, -0.1) is 0 Å². The van der Waals surface area contributed by atoms with Gasteiger partial charge >= 0.3 is 0 Å². The van der Waals surface area contributed by atoms with Crippen molar-refractivity contribution in [2.24, 2.45) is 5.73 Å². The number of primary amides is 1. The Morgan fingerprint density at radius 2 is 2.11 bits per heavy atom. The molecule has 0 aliphatic heterocycles. The van der Waals surface area contributed by atoms with Crippen LogP contribution in [-0.4, -0.2) is 29.8 Å². The molecule has 0 aliphatic rings. The number of nitrogens with zero attached hydrogens (tertiary/aromatic N) is 1. The van der Waals surface area contributed by atoms with Crippen LogP contribution >= 0.6 is 34.2 Å². The van der Waals surface area contributed by atoms with Gasteiger partial charge in [0.25, 0.3) is 5.91 Å². The summed E-state index contributed by atoms with van der Waals surface area (Å²) in [4.78, 5) is 24.9. The number of amides is 2. The van der Waals surface area contributed by atoms with Gasteiger partial charge in [0.05, 0.1) is 12.1 Å². The van der Waals surface area contributed by atoms with Crippen molar-refractivity contribution in [3.05, 3.63) is 32.4 Å². The lowest BCUT2D eigenvalue weighted by Crippen LogP contribution is -2.39. The van der Waals surface area contributed by atoms with Gasteiger partial charge in [-0.2, -0.15) is 0 Å². The van der Waals surface area contributed by atoms with E-state index in [4.69, 9.17) is 17.3 Å². The molecule has 104 valence electrons. The molecule has 1 aromatic carbocycles. The lowest BCUT2D eigenvalue weighted by Gasteiger charge is -2.21. The fraction of sp³-hybridized carbons (Fsp3) is 0.385. The monoisotopic (exact) mass is 394 g/mol. The average Bonchev–Trinajstić information content (AvgIpc) is 2.36. The van der Waals surface area contributed by atoms with Gasteiger partial charge in [-0.25, -0.2) is 0 Å². The van der Waals surface area contributed by atoms with E-state index < -0.39 is 5.91 Å². The van der Waals surface area contributed by atoms with Gasteiger partial charge in [0.15, 0.2) is 0 Å². The summed E-state index contributed by atoms with van der Waals surface area (Å²) in [6, 6.07) is 5.12. The van der Waals surface area contributed by atoms with Crippen molar-refractivity contribution in [2.45, 2.75) is 19.8 Å². The largest absolute Gasteiger partial charge is 0.368 e. The Bertz CT molecular complexity index is 480. The molecule has 0 spiro atoms. The number of carbonyl (C=O) groups is 2. The van der Waals surface area contributed by atoms with Gasteiger partial charge in [0, 0.05) is 15.1 Å². The summed E-state index contributed by atoms with van der Waals surface area (Å²) >= 11 is 7.98. The Balaban J connectivity index is 2.97. The molecule has 2 amide bonds. The minimum absolute atomic E-state index is 0.0680. The summed E-state index contributed by atoms with van der Waals surface area (Å²) in [7, 11) is 0. The quantitative estimate of drug-likeness (QED) is 0.754. The first-order chi connectivity index (χ1) is 8.95. The van der Waals surface area contributed by atoms with E-state index in [9.17, 15) is 9.59 Å². The molecule has 0 bridgehead atoms. The number of carbonyl (C=O) groups excluding carboxylic acids is 2. The summed E-state index contributed by atoms with van der Waals surface area (Å²) < 4.78 is 0.804. The molecule has 0 saturated carbocycles. The molecule has 0 aromatic heterocycles. The number of halogens is 2. The van der Waals surface area contributed by atoms with E-state index in [0.717, 1.165) is 16.4 Å². The first-order valence-electron chi connectivity index (χ1n) is 5.98. The van der Waals surface area contributed by atoms with Crippen LogP contribution in [0.3, 0.4) is 0 Å². The predicted octanol–water partition coefficient (Wildman–Crippen LogP) is 2.67. The van der Waals surface area contributed by atoms with Crippen LogP contribution in [0.2, 0.25) is 5.02 Å². The molecule has 0 heterocycles. The van der Waals surface area contributed by atoms with Crippen LogP contribution in [0, 0.1) is 3.57 Å². The highest BCUT2D eigenvalue weighted by Crippen LogP contribution is 2.19. The minimum atomic E-state index is -0.513. The third-order valence-electron chi connectivity index (χ3n) is 2.57. The maximum absolute atomic E-state index is 12.4. The number of rotatable bonds is 6. The smallest absolute Gasteiger partial charge is 0.255 e. The van der Waals surface area contributed by atoms with Gasteiger partial charge < -0.3 is 10.6 Å². The van der Waals surface area contributed by atoms with Crippen LogP contribution in [0.15, 0.2) is 18.2 Å². The molecule has 0 fully saturated rings. The summed E-state index contributed by atoms with van der Waals surface area (Å²) in [5, 5.41) is 0.498. The summed E-state index contributed by atoms with van der Waals surface area (Å²) in [6.07, 6.45) is 1.77. The first kappa shape index (κ1) is 16.2. The minimum Gasteiger partial charge on any atom is -0.368 e. The Morgan fingerprint density at radius 3 is 2.68 bits per heavy atom. The lowest BCUT2D eigenvalue weighted by atomic mass is 10.2. The zero-order valence-corrected chi connectivity index (χ0v) is 13.6. The molecule has 0 atom stereocenters. The van der Waals surface area contributed by atoms with Crippen molar-refractivity contribution in [3.8, 4) is 0 Å². The molecular weight excluding hydrogens is 379 g/mol. The van der Waals surface area contributed by atoms with E-state index in [1.54, 1.807) is 18.2 Å².